The van der Waals surface area contributed by atoms with Gasteiger partial charge in [-0.05, 0) is 40.3 Å². The Balaban J connectivity index is 1.40. The Morgan fingerprint density at radius 2 is 1.68 bits per heavy atom. The number of aromatic nitrogens is 4. The molecular formula is C31H36N6O2S. The topological polar surface area (TPSA) is 104 Å². The SMILES string of the molecule is CCCCC(=O)N(CCNC(=O)C(CS)Cc1ccccc1)Cc1ccc(-c2ccccc2-c2nn[nH]n2)cc1. The molecule has 2 N–H and O–H groups in total. The zero-order chi connectivity index (χ0) is 28.2. The first-order valence-electron chi connectivity index (χ1n) is 13.7. The highest BCUT2D eigenvalue weighted by molar-refractivity contribution is 7.80. The van der Waals surface area contributed by atoms with Crippen LogP contribution < -0.4 is 5.32 Å². The van der Waals surface area contributed by atoms with Crippen LogP contribution in [0, 0.1) is 5.92 Å². The largest absolute Gasteiger partial charge is 0.354 e. The lowest BCUT2D eigenvalue weighted by atomic mass is 9.98. The number of thiol groups is 1. The van der Waals surface area contributed by atoms with Crippen molar-refractivity contribution < 1.29 is 9.59 Å². The normalized spacial score (nSPS) is 11.7. The van der Waals surface area contributed by atoms with Crippen LogP contribution in [0.3, 0.4) is 0 Å². The van der Waals surface area contributed by atoms with Gasteiger partial charge in [-0.2, -0.15) is 17.8 Å². The third-order valence-electron chi connectivity index (χ3n) is 6.85. The van der Waals surface area contributed by atoms with Crippen molar-refractivity contribution in [3.05, 3.63) is 90.0 Å². The van der Waals surface area contributed by atoms with Crippen LogP contribution in [-0.4, -0.2) is 56.2 Å². The quantitative estimate of drug-likeness (QED) is 0.191. The summed E-state index contributed by atoms with van der Waals surface area (Å²) in [6.45, 7) is 3.39. The number of nitrogens with one attached hydrogen (secondary N) is 2. The first-order valence-corrected chi connectivity index (χ1v) is 14.3. The minimum atomic E-state index is -0.224. The fraction of sp³-hybridized carbons (Fsp3) is 0.323. The van der Waals surface area contributed by atoms with Gasteiger partial charge >= 0.3 is 0 Å². The van der Waals surface area contributed by atoms with E-state index in [4.69, 9.17) is 0 Å². The van der Waals surface area contributed by atoms with Gasteiger partial charge in [0.15, 0.2) is 0 Å². The molecule has 1 heterocycles. The van der Waals surface area contributed by atoms with Gasteiger partial charge in [0, 0.05) is 37.4 Å². The lowest BCUT2D eigenvalue weighted by molar-refractivity contribution is -0.132. The molecule has 1 aromatic heterocycles. The van der Waals surface area contributed by atoms with Crippen molar-refractivity contribution in [2.75, 3.05) is 18.8 Å². The van der Waals surface area contributed by atoms with Crippen molar-refractivity contribution in [2.24, 2.45) is 5.92 Å². The summed E-state index contributed by atoms with van der Waals surface area (Å²) in [7, 11) is 0. The molecule has 0 saturated heterocycles. The van der Waals surface area contributed by atoms with E-state index in [9.17, 15) is 9.59 Å². The molecule has 9 heteroatoms. The van der Waals surface area contributed by atoms with Crippen LogP contribution in [0.15, 0.2) is 78.9 Å². The maximum Gasteiger partial charge on any atom is 0.224 e. The van der Waals surface area contributed by atoms with Gasteiger partial charge in [-0.25, -0.2) is 0 Å². The average molecular weight is 557 g/mol. The maximum absolute atomic E-state index is 13.1. The van der Waals surface area contributed by atoms with Crippen LogP contribution in [0.1, 0.15) is 37.3 Å². The van der Waals surface area contributed by atoms with Crippen molar-refractivity contribution in [3.63, 3.8) is 0 Å². The summed E-state index contributed by atoms with van der Waals surface area (Å²) in [6, 6.07) is 26.0. The number of carbonyl (C=O) groups is 2. The highest BCUT2D eigenvalue weighted by Gasteiger charge is 2.19. The van der Waals surface area contributed by atoms with Crippen molar-refractivity contribution in [2.45, 2.75) is 39.2 Å². The van der Waals surface area contributed by atoms with E-state index in [1.807, 2.05) is 83.8 Å². The number of nitrogens with zero attached hydrogens (tertiary/aromatic N) is 4. The lowest BCUT2D eigenvalue weighted by Crippen LogP contribution is -2.40. The Morgan fingerprint density at radius 1 is 0.950 bits per heavy atom. The Labute approximate surface area is 241 Å². The second-order valence-corrected chi connectivity index (χ2v) is 10.1. The van der Waals surface area contributed by atoms with Gasteiger partial charge in [-0.1, -0.05) is 92.2 Å². The van der Waals surface area contributed by atoms with Crippen LogP contribution in [0.5, 0.6) is 0 Å². The summed E-state index contributed by atoms with van der Waals surface area (Å²) in [5.41, 5.74) is 5.05. The van der Waals surface area contributed by atoms with E-state index < -0.39 is 0 Å². The maximum atomic E-state index is 13.1. The fourth-order valence-corrected chi connectivity index (χ4v) is 4.89. The molecule has 4 aromatic rings. The second-order valence-electron chi connectivity index (χ2n) is 9.76. The van der Waals surface area contributed by atoms with Crippen molar-refractivity contribution in [3.8, 4) is 22.5 Å². The molecule has 40 heavy (non-hydrogen) atoms. The van der Waals surface area contributed by atoms with E-state index in [0.29, 0.717) is 44.1 Å². The molecule has 208 valence electrons. The number of unbranched alkanes of at least 4 members (excludes halogenated alkanes) is 1. The molecule has 2 amide bonds. The summed E-state index contributed by atoms with van der Waals surface area (Å²) < 4.78 is 0. The third kappa shape index (κ3) is 8.02. The van der Waals surface area contributed by atoms with Crippen LogP contribution in [0.4, 0.5) is 0 Å². The molecule has 4 rings (SSSR count). The van der Waals surface area contributed by atoms with Crippen LogP contribution in [0.25, 0.3) is 22.5 Å². The predicted octanol–water partition coefficient (Wildman–Crippen LogP) is 4.96. The first kappa shape index (κ1) is 29.0. The summed E-state index contributed by atoms with van der Waals surface area (Å²) in [5.74, 6) is 0.834. The molecule has 0 aliphatic rings. The molecule has 1 unspecified atom stereocenters. The van der Waals surface area contributed by atoms with Gasteiger partial charge in [-0.15, -0.1) is 10.2 Å². The molecule has 0 aliphatic heterocycles. The van der Waals surface area contributed by atoms with Gasteiger partial charge in [0.25, 0.3) is 0 Å². The van der Waals surface area contributed by atoms with E-state index in [0.717, 1.165) is 40.7 Å². The minimum Gasteiger partial charge on any atom is -0.354 e. The average Bonchev–Trinajstić information content (AvgIpc) is 3.54. The highest BCUT2D eigenvalue weighted by atomic mass is 32.1. The standard InChI is InChI=1S/C31H36N6O2S/c1-2-3-13-29(38)37(19-18-32-31(39)26(22-40)20-23-9-5-4-6-10-23)21-24-14-16-25(17-15-24)27-11-7-8-12-28(27)30-33-35-36-34-30/h4-12,14-17,26,40H,2-3,13,18-22H2,1H3,(H,32,39)(H,33,34,35,36). The molecule has 0 fully saturated rings. The molecule has 8 nitrogen and oxygen atoms in total. The van der Waals surface area contributed by atoms with E-state index >= 15 is 0 Å². The number of carbonyl (C=O) groups excluding carboxylic acids is 2. The number of aromatic amines is 1. The number of H-pyrrole nitrogens is 1. The molecule has 0 spiro atoms. The smallest absolute Gasteiger partial charge is 0.224 e. The van der Waals surface area contributed by atoms with Crippen LogP contribution in [0.2, 0.25) is 0 Å². The summed E-state index contributed by atoms with van der Waals surface area (Å²) in [5, 5.41) is 17.5. The lowest BCUT2D eigenvalue weighted by Gasteiger charge is -2.24. The van der Waals surface area contributed by atoms with Gasteiger partial charge in [0.2, 0.25) is 17.6 Å². The van der Waals surface area contributed by atoms with Crippen molar-refractivity contribution in [1.82, 2.24) is 30.8 Å². The number of tetrazole rings is 1. The molecule has 0 aliphatic carbocycles. The zero-order valence-corrected chi connectivity index (χ0v) is 23.7. The molecule has 0 saturated carbocycles. The minimum absolute atomic E-state index is 0.0376. The summed E-state index contributed by atoms with van der Waals surface area (Å²) in [4.78, 5) is 27.8. The van der Waals surface area contributed by atoms with Crippen LogP contribution >= 0.6 is 12.6 Å². The molecule has 0 bridgehead atoms. The Hall–Kier alpha value is -3.98. The van der Waals surface area contributed by atoms with Gasteiger partial charge in [0.05, 0.1) is 5.92 Å². The molecule has 0 radical (unpaired) electrons. The number of benzene rings is 3. The molecule has 1 atom stereocenters. The number of hydrogen-bond acceptors (Lipinski definition) is 6. The van der Waals surface area contributed by atoms with E-state index in [2.05, 4.69) is 45.5 Å². The second kappa shape index (κ2) is 15.0. The fourth-order valence-electron chi connectivity index (χ4n) is 4.59. The van der Waals surface area contributed by atoms with E-state index in [-0.39, 0.29) is 17.7 Å². The third-order valence-corrected chi connectivity index (χ3v) is 7.29. The number of rotatable bonds is 14. The van der Waals surface area contributed by atoms with Crippen molar-refractivity contribution in [1.29, 1.82) is 0 Å². The molecule has 3 aromatic carbocycles. The van der Waals surface area contributed by atoms with Gasteiger partial charge in [0.1, 0.15) is 0 Å². The summed E-state index contributed by atoms with van der Waals surface area (Å²) in [6.07, 6.45) is 2.92. The first-order chi connectivity index (χ1) is 19.6. The monoisotopic (exact) mass is 556 g/mol. The Kier molecular flexibility index (Phi) is 10.9. The summed E-state index contributed by atoms with van der Waals surface area (Å²) >= 11 is 4.41. The Morgan fingerprint density at radius 3 is 2.35 bits per heavy atom. The highest BCUT2D eigenvalue weighted by Crippen LogP contribution is 2.29. The zero-order valence-electron chi connectivity index (χ0n) is 22.8. The predicted molar refractivity (Wildman–Crippen MR) is 160 cm³/mol. The Bertz CT molecular complexity index is 1350. The van der Waals surface area contributed by atoms with Gasteiger partial charge in [-0.3, -0.25) is 9.59 Å². The van der Waals surface area contributed by atoms with E-state index in [1.54, 1.807) is 0 Å². The van der Waals surface area contributed by atoms with E-state index in [1.165, 1.54) is 0 Å². The van der Waals surface area contributed by atoms with Crippen molar-refractivity contribution >= 4 is 24.4 Å². The number of amides is 2. The number of hydrogen-bond donors (Lipinski definition) is 3. The molecular weight excluding hydrogens is 520 g/mol. The van der Waals surface area contributed by atoms with Gasteiger partial charge < -0.3 is 10.2 Å². The van der Waals surface area contributed by atoms with Crippen LogP contribution in [-0.2, 0) is 22.6 Å².